The highest BCUT2D eigenvalue weighted by atomic mass is 35.5. The number of para-hydroxylation sites is 1. The number of hydrogen-bond acceptors (Lipinski definition) is 2. The summed E-state index contributed by atoms with van der Waals surface area (Å²) in [6, 6.07) is 26.4. The van der Waals surface area contributed by atoms with Crippen LogP contribution in [0.1, 0.15) is 11.1 Å². The minimum atomic E-state index is 0.737. The van der Waals surface area contributed by atoms with Gasteiger partial charge in [0.2, 0.25) is 0 Å². The van der Waals surface area contributed by atoms with E-state index >= 15 is 0 Å². The van der Waals surface area contributed by atoms with Gasteiger partial charge in [-0.25, -0.2) is 0 Å². The van der Waals surface area contributed by atoms with Crippen molar-refractivity contribution in [2.24, 2.45) is 4.99 Å². The first-order chi connectivity index (χ1) is 11.3. The third-order valence-electron chi connectivity index (χ3n) is 3.33. The molecule has 3 aromatic rings. The normalized spacial score (nSPS) is 11.0. The molecule has 3 heteroatoms. The fourth-order valence-electron chi connectivity index (χ4n) is 2.11. The number of halogens is 1. The van der Waals surface area contributed by atoms with Gasteiger partial charge in [0, 0.05) is 21.9 Å². The zero-order chi connectivity index (χ0) is 15.9. The summed E-state index contributed by atoms with van der Waals surface area (Å²) in [5, 5.41) is 0.737. The smallest absolute Gasteiger partial charge is 0.0765 e. The molecule has 0 atom stereocenters. The van der Waals surface area contributed by atoms with E-state index in [-0.39, 0.29) is 0 Å². The highest BCUT2D eigenvalue weighted by molar-refractivity contribution is 7.98. The number of thioether (sulfide) groups is 1. The summed E-state index contributed by atoms with van der Waals surface area (Å²) in [6.07, 6.45) is 1.87. The van der Waals surface area contributed by atoms with E-state index in [1.807, 2.05) is 48.7 Å². The molecule has 0 spiro atoms. The Morgan fingerprint density at radius 2 is 1.52 bits per heavy atom. The number of benzene rings is 3. The molecule has 1 nitrogen and oxygen atoms in total. The molecule has 0 heterocycles. The first kappa shape index (κ1) is 15.9. The number of aliphatic imine (C=N–C) groups is 1. The third kappa shape index (κ3) is 4.72. The molecule has 0 saturated carbocycles. The van der Waals surface area contributed by atoms with E-state index in [0.29, 0.717) is 0 Å². The summed E-state index contributed by atoms with van der Waals surface area (Å²) in [4.78, 5) is 5.81. The highest BCUT2D eigenvalue weighted by Crippen LogP contribution is 2.31. The number of hydrogen-bond donors (Lipinski definition) is 0. The van der Waals surface area contributed by atoms with Crippen LogP contribution in [0.2, 0.25) is 5.02 Å². The minimum absolute atomic E-state index is 0.737. The summed E-state index contributed by atoms with van der Waals surface area (Å²) in [5.41, 5.74) is 3.34. The molecule has 0 saturated heterocycles. The van der Waals surface area contributed by atoms with Gasteiger partial charge in [-0.2, -0.15) is 0 Å². The summed E-state index contributed by atoms with van der Waals surface area (Å²) in [6.45, 7) is 0. The summed E-state index contributed by atoms with van der Waals surface area (Å²) < 4.78 is 0. The van der Waals surface area contributed by atoms with E-state index in [1.54, 1.807) is 11.8 Å². The molecular weight excluding hydrogens is 322 g/mol. The fraction of sp³-hybridized carbons (Fsp3) is 0.0500. The molecule has 0 amide bonds. The van der Waals surface area contributed by atoms with Crippen LogP contribution in [0, 0.1) is 0 Å². The van der Waals surface area contributed by atoms with Crippen molar-refractivity contribution in [2.75, 3.05) is 0 Å². The van der Waals surface area contributed by atoms with Crippen LogP contribution in [0.25, 0.3) is 0 Å². The quantitative estimate of drug-likeness (QED) is 0.388. The van der Waals surface area contributed by atoms with Crippen molar-refractivity contribution in [3.8, 4) is 0 Å². The fourth-order valence-corrected chi connectivity index (χ4v) is 3.20. The number of rotatable bonds is 5. The van der Waals surface area contributed by atoms with Gasteiger partial charge in [-0.05, 0) is 35.4 Å². The van der Waals surface area contributed by atoms with Crippen LogP contribution < -0.4 is 0 Å². The maximum absolute atomic E-state index is 5.91. The molecule has 3 rings (SSSR count). The van der Waals surface area contributed by atoms with Crippen LogP contribution in [-0.2, 0) is 5.75 Å². The summed E-state index contributed by atoms with van der Waals surface area (Å²) in [7, 11) is 0. The Kier molecular flexibility index (Phi) is 5.51. The van der Waals surface area contributed by atoms with Crippen molar-refractivity contribution in [1.29, 1.82) is 0 Å². The lowest BCUT2D eigenvalue weighted by Gasteiger charge is -2.05. The second kappa shape index (κ2) is 8.00. The van der Waals surface area contributed by atoms with Crippen molar-refractivity contribution in [2.45, 2.75) is 10.6 Å². The molecule has 0 aromatic heterocycles. The SMILES string of the molecule is Clc1ccc(C=Nc2ccccc2SCc2ccccc2)cc1. The topological polar surface area (TPSA) is 12.4 Å². The molecule has 0 aliphatic rings. The molecule has 3 aromatic carbocycles. The summed E-state index contributed by atoms with van der Waals surface area (Å²) in [5.74, 6) is 0.939. The molecule has 114 valence electrons. The standard InChI is InChI=1S/C20H16ClNS/c21-18-12-10-16(11-13-18)14-22-19-8-4-5-9-20(19)23-15-17-6-2-1-3-7-17/h1-14H,15H2. The molecule has 0 N–H and O–H groups in total. The average Bonchev–Trinajstić information content (AvgIpc) is 2.61. The van der Waals surface area contributed by atoms with Crippen molar-refractivity contribution in [3.05, 3.63) is 95.0 Å². The predicted molar refractivity (Wildman–Crippen MR) is 101 cm³/mol. The van der Waals surface area contributed by atoms with E-state index in [2.05, 4.69) is 41.4 Å². The lowest BCUT2D eigenvalue weighted by molar-refractivity contribution is 1.35. The van der Waals surface area contributed by atoms with Gasteiger partial charge in [-0.3, -0.25) is 4.99 Å². The van der Waals surface area contributed by atoms with Gasteiger partial charge in [-0.1, -0.05) is 66.2 Å². The van der Waals surface area contributed by atoms with Gasteiger partial charge in [0.25, 0.3) is 0 Å². The Morgan fingerprint density at radius 3 is 2.30 bits per heavy atom. The number of nitrogens with zero attached hydrogens (tertiary/aromatic N) is 1. The highest BCUT2D eigenvalue weighted by Gasteiger charge is 2.01. The lowest BCUT2D eigenvalue weighted by atomic mass is 10.2. The molecular formula is C20H16ClNS. The Hall–Kier alpha value is -2.03. The summed E-state index contributed by atoms with van der Waals surface area (Å²) >= 11 is 7.71. The monoisotopic (exact) mass is 337 g/mol. The van der Waals surface area contributed by atoms with E-state index < -0.39 is 0 Å². The zero-order valence-corrected chi connectivity index (χ0v) is 14.1. The van der Waals surface area contributed by atoms with E-state index in [1.165, 1.54) is 10.5 Å². The van der Waals surface area contributed by atoms with Crippen LogP contribution in [0.5, 0.6) is 0 Å². The van der Waals surface area contributed by atoms with Gasteiger partial charge in [0.1, 0.15) is 0 Å². The van der Waals surface area contributed by atoms with Crippen molar-refractivity contribution in [3.63, 3.8) is 0 Å². The molecule has 0 bridgehead atoms. The van der Waals surface area contributed by atoms with Crippen molar-refractivity contribution < 1.29 is 0 Å². The molecule has 0 unspecified atom stereocenters. The molecule has 23 heavy (non-hydrogen) atoms. The second-order valence-corrected chi connectivity index (χ2v) is 6.51. The van der Waals surface area contributed by atoms with Gasteiger partial charge >= 0.3 is 0 Å². The molecule has 0 radical (unpaired) electrons. The first-order valence-corrected chi connectivity index (χ1v) is 8.73. The van der Waals surface area contributed by atoms with E-state index in [4.69, 9.17) is 11.6 Å². The maximum Gasteiger partial charge on any atom is 0.0765 e. The van der Waals surface area contributed by atoms with E-state index in [9.17, 15) is 0 Å². The Morgan fingerprint density at radius 1 is 0.826 bits per heavy atom. The Bertz CT molecular complexity index is 782. The Labute approximate surface area is 146 Å². The van der Waals surface area contributed by atoms with Crippen LogP contribution in [-0.4, -0.2) is 6.21 Å². The van der Waals surface area contributed by atoms with Crippen molar-refractivity contribution in [1.82, 2.24) is 0 Å². The predicted octanol–water partition coefficient (Wildman–Crippen LogP) is 6.38. The van der Waals surface area contributed by atoms with E-state index in [0.717, 1.165) is 22.0 Å². The molecule has 0 fully saturated rings. The largest absolute Gasteiger partial charge is 0.255 e. The van der Waals surface area contributed by atoms with Crippen molar-refractivity contribution >= 4 is 35.3 Å². The minimum Gasteiger partial charge on any atom is -0.255 e. The van der Waals surface area contributed by atoms with Gasteiger partial charge in [0.05, 0.1) is 5.69 Å². The van der Waals surface area contributed by atoms with Crippen LogP contribution in [0.15, 0.2) is 88.8 Å². The van der Waals surface area contributed by atoms with Crippen LogP contribution >= 0.6 is 23.4 Å². The van der Waals surface area contributed by atoms with Gasteiger partial charge in [0.15, 0.2) is 0 Å². The zero-order valence-electron chi connectivity index (χ0n) is 12.5. The molecule has 0 aliphatic carbocycles. The second-order valence-electron chi connectivity index (χ2n) is 5.05. The average molecular weight is 338 g/mol. The van der Waals surface area contributed by atoms with Gasteiger partial charge in [-0.15, -0.1) is 11.8 Å². The molecule has 0 aliphatic heterocycles. The lowest BCUT2D eigenvalue weighted by Crippen LogP contribution is -1.82. The maximum atomic E-state index is 5.91. The van der Waals surface area contributed by atoms with Crippen LogP contribution in [0.4, 0.5) is 5.69 Å². The van der Waals surface area contributed by atoms with Gasteiger partial charge < -0.3 is 0 Å². The van der Waals surface area contributed by atoms with Crippen LogP contribution in [0.3, 0.4) is 0 Å². The third-order valence-corrected chi connectivity index (χ3v) is 4.71. The first-order valence-electron chi connectivity index (χ1n) is 7.37. The Balaban J connectivity index is 1.73.